The summed E-state index contributed by atoms with van der Waals surface area (Å²) in [6.45, 7) is 1.77. The van der Waals surface area contributed by atoms with E-state index in [1.165, 1.54) is 0 Å². The summed E-state index contributed by atoms with van der Waals surface area (Å²) in [4.78, 5) is 10.0. The van der Waals surface area contributed by atoms with Crippen molar-refractivity contribution in [1.29, 1.82) is 0 Å². The first-order chi connectivity index (χ1) is 4.04. The second kappa shape index (κ2) is 3.42. The lowest BCUT2D eigenvalue weighted by molar-refractivity contribution is -0.430. The highest BCUT2D eigenvalue weighted by molar-refractivity contribution is 5.66. The maximum Gasteiger partial charge on any atom is 0.303 e. The van der Waals surface area contributed by atoms with Crippen molar-refractivity contribution in [3.8, 4) is 0 Å². The number of quaternary nitrogens is 1. The molecule has 0 bridgehead atoms. The van der Waals surface area contributed by atoms with E-state index >= 15 is 0 Å². The van der Waals surface area contributed by atoms with Gasteiger partial charge in [0.25, 0.3) is 0 Å². The number of carbonyl (C=O) groups is 1. The topological polar surface area (TPSA) is 91.0 Å². The van der Waals surface area contributed by atoms with Crippen LogP contribution >= 0.6 is 0 Å². The van der Waals surface area contributed by atoms with Crippen LogP contribution in [-0.4, -0.2) is 17.2 Å². The van der Waals surface area contributed by atoms with Crippen LogP contribution in [0.4, 0.5) is 0 Å². The van der Waals surface area contributed by atoms with Gasteiger partial charge < -0.3 is 10.8 Å². The van der Waals surface area contributed by atoms with E-state index in [1.807, 2.05) is 0 Å². The van der Waals surface area contributed by atoms with Crippen molar-refractivity contribution in [3.63, 3.8) is 0 Å². The van der Waals surface area contributed by atoms with Gasteiger partial charge in [-0.2, -0.15) is 0 Å². The van der Waals surface area contributed by atoms with Gasteiger partial charge in [-0.3, -0.25) is 10.5 Å². The summed E-state index contributed by atoms with van der Waals surface area (Å²) in [6, 6.07) is 0. The van der Waals surface area contributed by atoms with Gasteiger partial charge in [0.15, 0.2) is 0 Å². The standard InChI is InChI=1S/C5H12N2O2/c1-3(5(6)7)2-4(8)9/h3,5H,2,6-7H2,1H3,(H,8,9)/p+1. The van der Waals surface area contributed by atoms with Crippen molar-refractivity contribution in [2.24, 2.45) is 11.7 Å². The molecule has 0 aromatic carbocycles. The largest absolute Gasteiger partial charge is 0.481 e. The van der Waals surface area contributed by atoms with E-state index in [0.717, 1.165) is 0 Å². The molecule has 0 aromatic rings. The molecule has 0 aliphatic rings. The zero-order valence-electron chi connectivity index (χ0n) is 5.50. The minimum Gasteiger partial charge on any atom is -0.481 e. The number of carboxylic acids is 1. The average Bonchev–Trinajstić information content (AvgIpc) is 1.63. The molecule has 2 unspecified atom stereocenters. The zero-order valence-corrected chi connectivity index (χ0v) is 5.50. The van der Waals surface area contributed by atoms with Crippen LogP contribution in [0, 0.1) is 5.92 Å². The van der Waals surface area contributed by atoms with Crippen LogP contribution in [-0.2, 0) is 4.79 Å². The van der Waals surface area contributed by atoms with E-state index in [9.17, 15) is 4.79 Å². The molecule has 0 aliphatic carbocycles. The third-order valence-electron chi connectivity index (χ3n) is 1.23. The molecule has 0 radical (unpaired) electrons. The molecule has 0 aliphatic heterocycles. The van der Waals surface area contributed by atoms with E-state index in [2.05, 4.69) is 5.73 Å². The van der Waals surface area contributed by atoms with Crippen molar-refractivity contribution in [2.45, 2.75) is 19.5 Å². The maximum atomic E-state index is 10.0. The Morgan fingerprint density at radius 2 is 2.33 bits per heavy atom. The van der Waals surface area contributed by atoms with E-state index < -0.39 is 5.97 Å². The molecule has 0 rings (SSSR count). The van der Waals surface area contributed by atoms with E-state index in [4.69, 9.17) is 10.8 Å². The molecule has 0 heterocycles. The van der Waals surface area contributed by atoms with Gasteiger partial charge >= 0.3 is 5.97 Å². The van der Waals surface area contributed by atoms with Gasteiger partial charge in [0.05, 0.1) is 6.42 Å². The van der Waals surface area contributed by atoms with Gasteiger partial charge in [0, 0.05) is 5.92 Å². The highest BCUT2D eigenvalue weighted by atomic mass is 16.4. The van der Waals surface area contributed by atoms with Crippen molar-refractivity contribution in [3.05, 3.63) is 0 Å². The Hall–Kier alpha value is -0.610. The number of hydrogen-bond acceptors (Lipinski definition) is 2. The van der Waals surface area contributed by atoms with Gasteiger partial charge in [-0.25, -0.2) is 0 Å². The number of nitrogens with two attached hydrogens (primary N) is 1. The molecule has 54 valence electrons. The molecular formula is C5H13N2O2+. The molecule has 0 aromatic heterocycles. The van der Waals surface area contributed by atoms with Crippen molar-refractivity contribution >= 4 is 5.97 Å². The van der Waals surface area contributed by atoms with E-state index in [1.54, 1.807) is 6.92 Å². The number of carboxylic acid groups (broad SMARTS) is 1. The Morgan fingerprint density at radius 3 is 2.44 bits per heavy atom. The molecule has 0 fully saturated rings. The van der Waals surface area contributed by atoms with Gasteiger partial charge in [-0.05, 0) is 0 Å². The Bertz CT molecular complexity index is 103. The smallest absolute Gasteiger partial charge is 0.303 e. The summed E-state index contributed by atoms with van der Waals surface area (Å²) in [5, 5.41) is 8.25. The number of rotatable bonds is 3. The number of aliphatic carboxylic acids is 1. The monoisotopic (exact) mass is 133 g/mol. The fourth-order valence-electron chi connectivity index (χ4n) is 0.427. The first-order valence-corrected chi connectivity index (χ1v) is 2.84. The quantitative estimate of drug-likeness (QED) is 0.414. The Morgan fingerprint density at radius 1 is 1.89 bits per heavy atom. The van der Waals surface area contributed by atoms with Crippen LogP contribution in [0.1, 0.15) is 13.3 Å². The van der Waals surface area contributed by atoms with Gasteiger partial charge in [0.2, 0.25) is 0 Å². The Labute approximate surface area is 53.8 Å². The van der Waals surface area contributed by atoms with E-state index in [-0.39, 0.29) is 18.5 Å². The average molecular weight is 133 g/mol. The lowest BCUT2D eigenvalue weighted by Gasteiger charge is -2.07. The number of hydrogen-bond donors (Lipinski definition) is 3. The summed E-state index contributed by atoms with van der Waals surface area (Å²) in [5.41, 5.74) is 8.82. The molecule has 4 nitrogen and oxygen atoms in total. The van der Waals surface area contributed by atoms with Crippen LogP contribution in [0.5, 0.6) is 0 Å². The second-order valence-electron chi connectivity index (χ2n) is 2.24. The summed E-state index contributed by atoms with van der Waals surface area (Å²) >= 11 is 0. The highest BCUT2D eigenvalue weighted by Gasteiger charge is 2.14. The van der Waals surface area contributed by atoms with Crippen molar-refractivity contribution < 1.29 is 15.6 Å². The van der Waals surface area contributed by atoms with Crippen LogP contribution in [0.3, 0.4) is 0 Å². The Kier molecular flexibility index (Phi) is 3.19. The van der Waals surface area contributed by atoms with Crippen LogP contribution < -0.4 is 11.5 Å². The molecule has 0 amide bonds. The lowest BCUT2D eigenvalue weighted by Crippen LogP contribution is -2.69. The third kappa shape index (κ3) is 3.93. The van der Waals surface area contributed by atoms with E-state index in [0.29, 0.717) is 0 Å². The summed E-state index contributed by atoms with van der Waals surface area (Å²) in [5.74, 6) is -0.857. The summed E-state index contributed by atoms with van der Waals surface area (Å²) in [6.07, 6.45) is -0.175. The normalized spacial score (nSPS) is 16.8. The van der Waals surface area contributed by atoms with Gasteiger partial charge in [0.1, 0.15) is 6.17 Å². The lowest BCUT2D eigenvalue weighted by atomic mass is 10.1. The highest BCUT2D eigenvalue weighted by Crippen LogP contribution is 1.99. The molecule has 4 heteroatoms. The SMILES string of the molecule is CC(CC(=O)O)C(N)[NH3+]. The fourth-order valence-corrected chi connectivity index (χ4v) is 0.427. The van der Waals surface area contributed by atoms with Crippen LogP contribution in [0.15, 0.2) is 0 Å². The molecule has 9 heavy (non-hydrogen) atoms. The second-order valence-corrected chi connectivity index (χ2v) is 2.24. The maximum absolute atomic E-state index is 10.0. The zero-order chi connectivity index (χ0) is 7.44. The van der Waals surface area contributed by atoms with Crippen molar-refractivity contribution in [2.75, 3.05) is 0 Å². The third-order valence-corrected chi connectivity index (χ3v) is 1.23. The first-order valence-electron chi connectivity index (χ1n) is 2.84. The first kappa shape index (κ1) is 8.39. The van der Waals surface area contributed by atoms with Gasteiger partial charge in [-0.1, -0.05) is 6.92 Å². The molecule has 0 saturated carbocycles. The molecule has 2 atom stereocenters. The minimum atomic E-state index is -0.818. The Balaban J connectivity index is 3.50. The minimum absolute atomic E-state index is 0.0394. The predicted molar refractivity (Wildman–Crippen MR) is 32.3 cm³/mol. The summed E-state index contributed by atoms with van der Waals surface area (Å²) in [7, 11) is 0. The van der Waals surface area contributed by atoms with Gasteiger partial charge in [-0.15, -0.1) is 0 Å². The van der Waals surface area contributed by atoms with Crippen molar-refractivity contribution in [1.82, 2.24) is 0 Å². The molecule has 0 spiro atoms. The molecular weight excluding hydrogens is 120 g/mol. The van der Waals surface area contributed by atoms with Crippen LogP contribution in [0.25, 0.3) is 0 Å². The van der Waals surface area contributed by atoms with Crippen LogP contribution in [0.2, 0.25) is 0 Å². The predicted octanol–water partition coefficient (Wildman–Crippen LogP) is -1.38. The molecule has 6 N–H and O–H groups in total. The molecule has 0 saturated heterocycles. The summed E-state index contributed by atoms with van der Waals surface area (Å²) < 4.78 is 0. The fraction of sp³-hybridized carbons (Fsp3) is 0.800.